The van der Waals surface area contributed by atoms with Crippen LogP contribution in [0, 0.1) is 0 Å². The van der Waals surface area contributed by atoms with Crippen LogP contribution in [0.1, 0.15) is 51.0 Å². The Balaban J connectivity index is 1.57. The number of ether oxygens (including phenoxy) is 3. The Bertz CT molecular complexity index is 1470. The van der Waals surface area contributed by atoms with E-state index in [1.165, 1.54) is 11.0 Å². The maximum Gasteiger partial charge on any atom is 0.409 e. The minimum atomic E-state index is -1.06. The number of carbonyl (C=O) groups excluding carboxylic acids is 4. The van der Waals surface area contributed by atoms with Gasteiger partial charge in [-0.1, -0.05) is 48.5 Å². The third kappa shape index (κ3) is 9.75. The molecule has 1 aliphatic heterocycles. The quantitative estimate of drug-likeness (QED) is 0.327. The predicted octanol–water partition coefficient (Wildman–Crippen LogP) is 4.46. The van der Waals surface area contributed by atoms with E-state index in [2.05, 4.69) is 15.3 Å². The molecular formula is C33H39N5O7. The Labute approximate surface area is 262 Å². The first-order valence-corrected chi connectivity index (χ1v) is 14.9. The average molecular weight is 618 g/mol. The van der Waals surface area contributed by atoms with E-state index in [1.54, 1.807) is 44.7 Å². The third-order valence-corrected chi connectivity index (χ3v) is 6.71. The van der Waals surface area contributed by atoms with Gasteiger partial charge in [-0.2, -0.15) is 4.98 Å². The number of hydrogen-bond donors (Lipinski definition) is 1. The molecule has 238 valence electrons. The zero-order chi connectivity index (χ0) is 32.4. The molecule has 1 aliphatic rings. The number of aromatic nitrogens is 2. The minimum absolute atomic E-state index is 0.00156. The Morgan fingerprint density at radius 2 is 1.51 bits per heavy atom. The molecule has 4 rings (SSSR count). The standard InChI is InChI=1S/C33H39N5O7/c1-5-43-32(42)38-20-18-37(19-21-38)31(41)25(16-17-28(39)45-33(2,3)4)35-30(40)26-22-27(44-24-14-10-7-11-15-24)36-29(34-26)23-12-8-6-9-13-23/h6-15,22,25H,5,16-21H2,1-4H3,(H,35,40)/t25-/m0/s1. The van der Waals surface area contributed by atoms with Crippen molar-refractivity contribution in [1.82, 2.24) is 25.1 Å². The first-order chi connectivity index (χ1) is 21.5. The number of para-hydroxylation sites is 1. The van der Waals surface area contributed by atoms with Gasteiger partial charge in [0.1, 0.15) is 23.1 Å². The molecule has 3 amide bonds. The lowest BCUT2D eigenvalue weighted by molar-refractivity contribution is -0.155. The van der Waals surface area contributed by atoms with E-state index >= 15 is 0 Å². The van der Waals surface area contributed by atoms with Crippen molar-refractivity contribution >= 4 is 23.9 Å². The molecule has 1 saturated heterocycles. The summed E-state index contributed by atoms with van der Waals surface area (Å²) in [5, 5.41) is 2.78. The van der Waals surface area contributed by atoms with E-state index in [9.17, 15) is 19.2 Å². The van der Waals surface area contributed by atoms with E-state index in [0.29, 0.717) is 11.3 Å². The van der Waals surface area contributed by atoms with Crippen LogP contribution in [0.15, 0.2) is 66.7 Å². The summed E-state index contributed by atoms with van der Waals surface area (Å²) in [7, 11) is 0. The number of hydrogen-bond acceptors (Lipinski definition) is 9. The Kier molecular flexibility index (Phi) is 11.1. The van der Waals surface area contributed by atoms with Crippen LogP contribution in [0.5, 0.6) is 11.6 Å². The molecule has 0 unspecified atom stereocenters. The van der Waals surface area contributed by atoms with Gasteiger partial charge in [0, 0.05) is 44.2 Å². The monoisotopic (exact) mass is 617 g/mol. The van der Waals surface area contributed by atoms with Crippen LogP contribution < -0.4 is 10.1 Å². The molecule has 2 heterocycles. The number of benzene rings is 2. The van der Waals surface area contributed by atoms with Gasteiger partial charge in [0.2, 0.25) is 11.8 Å². The van der Waals surface area contributed by atoms with Gasteiger partial charge in [0.25, 0.3) is 5.91 Å². The van der Waals surface area contributed by atoms with Crippen LogP contribution in [-0.2, 0) is 19.1 Å². The van der Waals surface area contributed by atoms with Gasteiger partial charge in [-0.05, 0) is 46.2 Å². The molecule has 0 spiro atoms. The van der Waals surface area contributed by atoms with E-state index in [-0.39, 0.29) is 68.9 Å². The molecule has 1 atom stereocenters. The molecule has 1 N–H and O–H groups in total. The highest BCUT2D eigenvalue weighted by Crippen LogP contribution is 2.24. The van der Waals surface area contributed by atoms with E-state index in [0.717, 1.165) is 0 Å². The second kappa shape index (κ2) is 15.1. The first kappa shape index (κ1) is 32.9. The number of nitrogens with one attached hydrogen (secondary N) is 1. The van der Waals surface area contributed by atoms with E-state index < -0.39 is 29.6 Å². The fraction of sp³-hybridized carbons (Fsp3) is 0.394. The summed E-state index contributed by atoms with van der Waals surface area (Å²) >= 11 is 0. The molecule has 0 radical (unpaired) electrons. The first-order valence-electron chi connectivity index (χ1n) is 14.9. The van der Waals surface area contributed by atoms with Crippen molar-refractivity contribution in [2.45, 2.75) is 52.2 Å². The van der Waals surface area contributed by atoms with Crippen molar-refractivity contribution in [3.63, 3.8) is 0 Å². The van der Waals surface area contributed by atoms with Crippen molar-refractivity contribution in [3.8, 4) is 23.0 Å². The Morgan fingerprint density at radius 3 is 2.13 bits per heavy atom. The van der Waals surface area contributed by atoms with Crippen molar-refractivity contribution < 1.29 is 33.4 Å². The van der Waals surface area contributed by atoms with Gasteiger partial charge in [-0.25, -0.2) is 9.78 Å². The molecule has 1 fully saturated rings. The summed E-state index contributed by atoms with van der Waals surface area (Å²) in [6.07, 6.45) is -0.536. The summed E-state index contributed by atoms with van der Waals surface area (Å²) in [5.41, 5.74) is -0.0493. The second-order valence-electron chi connectivity index (χ2n) is 11.4. The van der Waals surface area contributed by atoms with Crippen molar-refractivity contribution in [2.24, 2.45) is 0 Å². The van der Waals surface area contributed by atoms with Gasteiger partial charge in [0.15, 0.2) is 5.82 Å². The van der Waals surface area contributed by atoms with E-state index in [1.807, 2.05) is 48.5 Å². The van der Waals surface area contributed by atoms with Gasteiger partial charge >= 0.3 is 12.1 Å². The van der Waals surface area contributed by atoms with Crippen LogP contribution in [0.3, 0.4) is 0 Å². The highest BCUT2D eigenvalue weighted by molar-refractivity contribution is 5.97. The SMILES string of the molecule is CCOC(=O)N1CCN(C(=O)[C@H](CCC(=O)OC(C)(C)C)NC(=O)c2cc(Oc3ccccc3)nc(-c3ccccc3)n2)CC1. The zero-order valence-electron chi connectivity index (χ0n) is 26.0. The maximum atomic E-state index is 13.7. The smallest absolute Gasteiger partial charge is 0.409 e. The fourth-order valence-corrected chi connectivity index (χ4v) is 4.61. The van der Waals surface area contributed by atoms with Crippen LogP contribution in [-0.4, -0.2) is 88.1 Å². The fourth-order valence-electron chi connectivity index (χ4n) is 4.61. The topological polar surface area (TPSA) is 140 Å². The molecule has 45 heavy (non-hydrogen) atoms. The van der Waals surface area contributed by atoms with Crippen molar-refractivity contribution in [2.75, 3.05) is 32.8 Å². The summed E-state index contributed by atoms with van der Waals surface area (Å²) in [6.45, 7) is 8.31. The number of nitrogens with zero attached hydrogens (tertiary/aromatic N) is 4. The normalized spacial score (nSPS) is 13.9. The average Bonchev–Trinajstić information content (AvgIpc) is 3.02. The van der Waals surface area contributed by atoms with Crippen LogP contribution >= 0.6 is 0 Å². The van der Waals surface area contributed by atoms with Crippen LogP contribution in [0.2, 0.25) is 0 Å². The molecule has 12 nitrogen and oxygen atoms in total. The molecule has 2 aromatic carbocycles. The van der Waals surface area contributed by atoms with Gasteiger partial charge in [0.05, 0.1) is 6.61 Å². The zero-order valence-corrected chi connectivity index (χ0v) is 26.0. The van der Waals surface area contributed by atoms with Crippen LogP contribution in [0.4, 0.5) is 4.79 Å². The van der Waals surface area contributed by atoms with Gasteiger partial charge in [-0.3, -0.25) is 14.4 Å². The largest absolute Gasteiger partial charge is 0.460 e. The molecule has 1 aromatic heterocycles. The van der Waals surface area contributed by atoms with Crippen molar-refractivity contribution in [1.29, 1.82) is 0 Å². The summed E-state index contributed by atoms with van der Waals surface area (Å²) < 4.78 is 16.4. The highest BCUT2D eigenvalue weighted by atomic mass is 16.6. The summed E-state index contributed by atoms with van der Waals surface area (Å²) in [4.78, 5) is 64.2. The molecule has 0 bridgehead atoms. The minimum Gasteiger partial charge on any atom is -0.460 e. The second-order valence-corrected chi connectivity index (χ2v) is 11.4. The predicted molar refractivity (Wildman–Crippen MR) is 165 cm³/mol. The molecular weight excluding hydrogens is 578 g/mol. The lowest BCUT2D eigenvalue weighted by Gasteiger charge is -2.36. The highest BCUT2D eigenvalue weighted by Gasteiger charge is 2.32. The summed E-state index contributed by atoms with van der Waals surface area (Å²) in [6, 6.07) is 18.5. The Morgan fingerprint density at radius 1 is 0.889 bits per heavy atom. The third-order valence-electron chi connectivity index (χ3n) is 6.71. The van der Waals surface area contributed by atoms with Crippen LogP contribution in [0.25, 0.3) is 11.4 Å². The van der Waals surface area contributed by atoms with Crippen molar-refractivity contribution in [3.05, 3.63) is 72.4 Å². The summed E-state index contributed by atoms with van der Waals surface area (Å²) in [5.74, 6) is -0.580. The number of amides is 3. The number of piperazine rings is 1. The number of carbonyl (C=O) groups is 4. The molecule has 0 aliphatic carbocycles. The molecule has 3 aromatic rings. The Hall–Kier alpha value is -5.00. The molecule has 0 saturated carbocycles. The number of esters is 1. The lowest BCUT2D eigenvalue weighted by Crippen LogP contribution is -2.56. The van der Waals surface area contributed by atoms with E-state index in [4.69, 9.17) is 14.2 Å². The maximum absolute atomic E-state index is 13.7. The van der Waals surface area contributed by atoms with Gasteiger partial charge in [-0.15, -0.1) is 0 Å². The lowest BCUT2D eigenvalue weighted by atomic mass is 10.1. The number of rotatable bonds is 10. The molecule has 12 heteroatoms. The van der Waals surface area contributed by atoms with Gasteiger partial charge < -0.3 is 29.3 Å².